The standard InChI is InChI=1S/C17H23NOS/c1-5-9-18-16(17-13(3)8-10-20-17)14-7-6-12(2)15(11-14)19-4/h6-8,10-11,16,18H,5,9H2,1-4H3. The normalized spacial score (nSPS) is 12.4. The average molecular weight is 289 g/mol. The van der Waals surface area contributed by atoms with Crippen LogP contribution in [0.1, 0.15) is 41.0 Å². The minimum atomic E-state index is 0.254. The molecule has 1 aromatic heterocycles. The summed E-state index contributed by atoms with van der Waals surface area (Å²) in [5.41, 5.74) is 3.79. The van der Waals surface area contributed by atoms with E-state index in [0.29, 0.717) is 0 Å². The molecule has 0 aliphatic carbocycles. The number of thiophene rings is 1. The van der Waals surface area contributed by atoms with E-state index in [9.17, 15) is 0 Å². The van der Waals surface area contributed by atoms with E-state index in [4.69, 9.17) is 4.74 Å². The van der Waals surface area contributed by atoms with Gasteiger partial charge in [0.1, 0.15) is 5.75 Å². The van der Waals surface area contributed by atoms with Gasteiger partial charge >= 0.3 is 0 Å². The van der Waals surface area contributed by atoms with Gasteiger partial charge in [0.15, 0.2) is 0 Å². The number of hydrogen-bond acceptors (Lipinski definition) is 3. The zero-order valence-corrected chi connectivity index (χ0v) is 13.5. The molecular formula is C17H23NOS. The highest BCUT2D eigenvalue weighted by Gasteiger charge is 2.17. The first kappa shape index (κ1) is 15.1. The van der Waals surface area contributed by atoms with Crippen LogP contribution in [0.4, 0.5) is 0 Å². The van der Waals surface area contributed by atoms with E-state index in [1.54, 1.807) is 7.11 Å². The summed E-state index contributed by atoms with van der Waals surface area (Å²) in [7, 11) is 1.73. The molecule has 0 fully saturated rings. The molecule has 0 radical (unpaired) electrons. The van der Waals surface area contributed by atoms with Crippen LogP contribution in [0.2, 0.25) is 0 Å². The van der Waals surface area contributed by atoms with E-state index in [-0.39, 0.29) is 6.04 Å². The summed E-state index contributed by atoms with van der Waals surface area (Å²) in [5.74, 6) is 0.958. The predicted molar refractivity (Wildman–Crippen MR) is 86.9 cm³/mol. The highest BCUT2D eigenvalue weighted by atomic mass is 32.1. The molecule has 2 rings (SSSR count). The molecule has 2 aromatic rings. The lowest BCUT2D eigenvalue weighted by Gasteiger charge is -2.20. The molecule has 0 amide bonds. The lowest BCUT2D eigenvalue weighted by Crippen LogP contribution is -2.23. The molecule has 0 aliphatic heterocycles. The van der Waals surface area contributed by atoms with Gasteiger partial charge in [0.25, 0.3) is 0 Å². The summed E-state index contributed by atoms with van der Waals surface area (Å²) in [6.45, 7) is 7.46. The number of nitrogens with one attached hydrogen (secondary N) is 1. The fourth-order valence-electron chi connectivity index (χ4n) is 2.35. The van der Waals surface area contributed by atoms with Gasteiger partial charge in [0.05, 0.1) is 13.2 Å². The van der Waals surface area contributed by atoms with Gasteiger partial charge < -0.3 is 10.1 Å². The predicted octanol–water partition coefficient (Wildman–Crippen LogP) is 4.46. The van der Waals surface area contributed by atoms with Crippen molar-refractivity contribution in [2.45, 2.75) is 33.2 Å². The Morgan fingerprint density at radius 3 is 2.60 bits per heavy atom. The van der Waals surface area contributed by atoms with Crippen molar-refractivity contribution in [1.82, 2.24) is 5.32 Å². The maximum Gasteiger partial charge on any atom is 0.122 e. The van der Waals surface area contributed by atoms with E-state index >= 15 is 0 Å². The molecule has 0 saturated heterocycles. The van der Waals surface area contributed by atoms with Crippen molar-refractivity contribution >= 4 is 11.3 Å². The minimum Gasteiger partial charge on any atom is -0.496 e. The van der Waals surface area contributed by atoms with Crippen molar-refractivity contribution in [3.63, 3.8) is 0 Å². The Hall–Kier alpha value is -1.32. The summed E-state index contributed by atoms with van der Waals surface area (Å²) < 4.78 is 5.46. The zero-order valence-electron chi connectivity index (χ0n) is 12.7. The minimum absolute atomic E-state index is 0.254. The van der Waals surface area contributed by atoms with E-state index in [0.717, 1.165) is 18.7 Å². The molecule has 1 atom stereocenters. The third-order valence-corrected chi connectivity index (χ3v) is 4.61. The highest BCUT2D eigenvalue weighted by molar-refractivity contribution is 7.10. The second kappa shape index (κ2) is 6.91. The molecule has 3 heteroatoms. The maximum absolute atomic E-state index is 5.46. The van der Waals surface area contributed by atoms with E-state index in [1.807, 2.05) is 11.3 Å². The van der Waals surface area contributed by atoms with Crippen LogP contribution in [-0.2, 0) is 0 Å². The summed E-state index contributed by atoms with van der Waals surface area (Å²) in [6.07, 6.45) is 1.13. The SMILES string of the molecule is CCCNC(c1ccc(C)c(OC)c1)c1sccc1C. The average Bonchev–Trinajstić information content (AvgIpc) is 2.87. The quantitative estimate of drug-likeness (QED) is 0.847. The van der Waals surface area contributed by atoms with Gasteiger partial charge in [-0.15, -0.1) is 11.3 Å². The first-order valence-electron chi connectivity index (χ1n) is 7.09. The van der Waals surface area contributed by atoms with Crippen molar-refractivity contribution < 1.29 is 4.74 Å². The van der Waals surface area contributed by atoms with Gasteiger partial charge in [0.2, 0.25) is 0 Å². The fraction of sp³-hybridized carbons (Fsp3) is 0.412. The molecule has 20 heavy (non-hydrogen) atoms. The van der Waals surface area contributed by atoms with Gasteiger partial charge in [-0.05, 0) is 61.0 Å². The maximum atomic E-state index is 5.46. The Kier molecular flexibility index (Phi) is 5.21. The second-order valence-corrected chi connectivity index (χ2v) is 6.03. The number of hydrogen-bond donors (Lipinski definition) is 1. The van der Waals surface area contributed by atoms with Crippen LogP contribution in [0.3, 0.4) is 0 Å². The van der Waals surface area contributed by atoms with Crippen LogP contribution in [0, 0.1) is 13.8 Å². The molecular weight excluding hydrogens is 266 g/mol. The molecule has 0 spiro atoms. The molecule has 1 unspecified atom stereocenters. The molecule has 1 N–H and O–H groups in total. The Labute approximate surface area is 125 Å². The third-order valence-electron chi connectivity index (χ3n) is 3.53. The van der Waals surface area contributed by atoms with Crippen molar-refractivity contribution in [3.8, 4) is 5.75 Å². The van der Waals surface area contributed by atoms with E-state index < -0.39 is 0 Å². The van der Waals surface area contributed by atoms with Crippen LogP contribution in [-0.4, -0.2) is 13.7 Å². The molecule has 0 bridgehead atoms. The monoisotopic (exact) mass is 289 g/mol. The fourth-order valence-corrected chi connectivity index (χ4v) is 3.38. The summed E-state index contributed by atoms with van der Waals surface area (Å²) >= 11 is 1.82. The van der Waals surface area contributed by atoms with Crippen molar-refractivity contribution in [2.24, 2.45) is 0 Å². The largest absolute Gasteiger partial charge is 0.496 e. The Balaban J connectivity index is 2.38. The highest BCUT2D eigenvalue weighted by Crippen LogP contribution is 2.32. The van der Waals surface area contributed by atoms with Gasteiger partial charge in [-0.3, -0.25) is 0 Å². The Bertz CT molecular complexity index is 562. The third kappa shape index (κ3) is 3.22. The lowest BCUT2D eigenvalue weighted by molar-refractivity contribution is 0.410. The number of rotatable bonds is 6. The van der Waals surface area contributed by atoms with Crippen LogP contribution in [0.5, 0.6) is 5.75 Å². The zero-order chi connectivity index (χ0) is 14.5. The molecule has 0 saturated carbocycles. The van der Waals surface area contributed by atoms with Crippen molar-refractivity contribution in [1.29, 1.82) is 0 Å². The first-order valence-corrected chi connectivity index (χ1v) is 7.97. The molecule has 2 nitrogen and oxygen atoms in total. The Morgan fingerprint density at radius 2 is 2.00 bits per heavy atom. The molecule has 1 aromatic carbocycles. The number of ether oxygens (including phenoxy) is 1. The van der Waals surface area contributed by atoms with Gasteiger partial charge in [0, 0.05) is 4.88 Å². The van der Waals surface area contributed by atoms with Crippen LogP contribution in [0.25, 0.3) is 0 Å². The number of benzene rings is 1. The molecule has 108 valence electrons. The smallest absolute Gasteiger partial charge is 0.122 e. The second-order valence-electron chi connectivity index (χ2n) is 5.08. The van der Waals surface area contributed by atoms with Gasteiger partial charge in [-0.2, -0.15) is 0 Å². The summed E-state index contributed by atoms with van der Waals surface area (Å²) in [4.78, 5) is 1.39. The van der Waals surface area contributed by atoms with Gasteiger partial charge in [-0.25, -0.2) is 0 Å². The van der Waals surface area contributed by atoms with Crippen molar-refractivity contribution in [2.75, 3.05) is 13.7 Å². The lowest BCUT2D eigenvalue weighted by atomic mass is 10.0. The topological polar surface area (TPSA) is 21.3 Å². The van der Waals surface area contributed by atoms with E-state index in [2.05, 4.69) is 55.7 Å². The van der Waals surface area contributed by atoms with Crippen LogP contribution in [0.15, 0.2) is 29.6 Å². The Morgan fingerprint density at radius 1 is 1.20 bits per heavy atom. The molecule has 1 heterocycles. The number of methoxy groups -OCH3 is 1. The molecule has 0 aliphatic rings. The van der Waals surface area contributed by atoms with Gasteiger partial charge in [-0.1, -0.05) is 19.1 Å². The number of aryl methyl sites for hydroxylation is 2. The van der Waals surface area contributed by atoms with Crippen LogP contribution >= 0.6 is 11.3 Å². The van der Waals surface area contributed by atoms with Crippen LogP contribution < -0.4 is 10.1 Å². The first-order chi connectivity index (χ1) is 9.67. The van der Waals surface area contributed by atoms with Crippen molar-refractivity contribution in [3.05, 3.63) is 51.2 Å². The van der Waals surface area contributed by atoms with E-state index in [1.165, 1.54) is 21.6 Å². The summed E-state index contributed by atoms with van der Waals surface area (Å²) in [6, 6.07) is 8.93. The summed E-state index contributed by atoms with van der Waals surface area (Å²) in [5, 5.41) is 5.82.